The molecule has 1 aliphatic rings. The van der Waals surface area contributed by atoms with Crippen molar-refractivity contribution in [2.45, 2.75) is 38.6 Å². The van der Waals surface area contributed by atoms with Crippen molar-refractivity contribution in [1.29, 1.82) is 0 Å². The minimum atomic E-state index is -0.372. The highest BCUT2D eigenvalue weighted by molar-refractivity contribution is 5.93. The van der Waals surface area contributed by atoms with E-state index in [2.05, 4.69) is 65.4 Å². The lowest BCUT2D eigenvalue weighted by Crippen LogP contribution is -2.33. The molecule has 1 saturated heterocycles. The lowest BCUT2D eigenvalue weighted by molar-refractivity contribution is 0.1000. The first-order chi connectivity index (χ1) is 17.0. The van der Waals surface area contributed by atoms with Crippen molar-refractivity contribution >= 4 is 28.2 Å². The number of nitrogens with zero attached hydrogens (tertiary/aromatic N) is 3. The fourth-order valence-corrected chi connectivity index (χ4v) is 4.88. The summed E-state index contributed by atoms with van der Waals surface area (Å²) < 4.78 is 0. The molecule has 0 aliphatic carbocycles. The lowest BCUT2D eigenvalue weighted by Gasteiger charge is -2.33. The van der Waals surface area contributed by atoms with Gasteiger partial charge in [-0.3, -0.25) is 9.78 Å². The topological polar surface area (TPSA) is 84.1 Å². The number of pyridine rings is 2. The maximum atomic E-state index is 11.6. The molecule has 0 bridgehead atoms. The first-order valence-corrected chi connectivity index (χ1v) is 12.2. The summed E-state index contributed by atoms with van der Waals surface area (Å²) in [4.78, 5) is 23.1. The SMILES string of the molecule is CC(C)Nc1cncc(-c2ccc3cnc(N4CCC(c5cccc(C(N)=O)c5)CC4)cc3c2)c1. The van der Waals surface area contributed by atoms with E-state index in [9.17, 15) is 4.79 Å². The van der Waals surface area contributed by atoms with Crippen molar-refractivity contribution in [1.82, 2.24) is 9.97 Å². The summed E-state index contributed by atoms with van der Waals surface area (Å²) in [5, 5.41) is 5.72. The van der Waals surface area contributed by atoms with Crippen LogP contribution in [0.25, 0.3) is 21.9 Å². The number of fused-ring (bicyclic) bond motifs is 1. The van der Waals surface area contributed by atoms with Crippen molar-refractivity contribution in [2.75, 3.05) is 23.3 Å². The van der Waals surface area contributed by atoms with Gasteiger partial charge in [-0.05, 0) is 79.5 Å². The smallest absolute Gasteiger partial charge is 0.248 e. The number of primary amides is 1. The van der Waals surface area contributed by atoms with Crippen LogP contribution in [0.15, 0.2) is 73.2 Å². The summed E-state index contributed by atoms with van der Waals surface area (Å²) in [6, 6.07) is 18.9. The third-order valence-electron chi connectivity index (χ3n) is 6.70. The summed E-state index contributed by atoms with van der Waals surface area (Å²) in [6.07, 6.45) is 7.77. The summed E-state index contributed by atoms with van der Waals surface area (Å²) in [6.45, 7) is 6.10. The number of hydrogen-bond donors (Lipinski definition) is 2. The predicted molar refractivity (Wildman–Crippen MR) is 143 cm³/mol. The monoisotopic (exact) mass is 465 g/mol. The molecule has 0 spiro atoms. The molecule has 0 saturated carbocycles. The first kappa shape index (κ1) is 22.8. The molecule has 0 atom stereocenters. The Hall–Kier alpha value is -3.93. The number of carbonyl (C=O) groups is 1. The van der Waals surface area contributed by atoms with E-state index >= 15 is 0 Å². The van der Waals surface area contributed by atoms with E-state index in [-0.39, 0.29) is 5.91 Å². The molecule has 178 valence electrons. The van der Waals surface area contributed by atoms with Gasteiger partial charge in [0.15, 0.2) is 0 Å². The number of nitrogens with one attached hydrogen (secondary N) is 1. The van der Waals surface area contributed by atoms with E-state index in [0.29, 0.717) is 17.5 Å². The molecular weight excluding hydrogens is 434 g/mol. The van der Waals surface area contributed by atoms with E-state index in [1.54, 1.807) is 6.07 Å². The Bertz CT molecular complexity index is 1360. The second-order valence-electron chi connectivity index (χ2n) is 9.62. The van der Waals surface area contributed by atoms with Crippen molar-refractivity contribution in [3.8, 4) is 11.1 Å². The molecule has 3 N–H and O–H groups in total. The number of amides is 1. The van der Waals surface area contributed by atoms with Crippen molar-refractivity contribution in [3.63, 3.8) is 0 Å². The zero-order valence-electron chi connectivity index (χ0n) is 20.2. The van der Waals surface area contributed by atoms with Crippen LogP contribution in [0.4, 0.5) is 11.5 Å². The van der Waals surface area contributed by atoms with Gasteiger partial charge in [0.2, 0.25) is 5.91 Å². The molecule has 6 nitrogen and oxygen atoms in total. The van der Waals surface area contributed by atoms with Crippen LogP contribution in [0.1, 0.15) is 48.5 Å². The van der Waals surface area contributed by atoms with Gasteiger partial charge in [-0.15, -0.1) is 0 Å². The molecule has 2 aromatic heterocycles. The Labute approximate surface area is 206 Å². The molecule has 35 heavy (non-hydrogen) atoms. The average Bonchev–Trinajstić information content (AvgIpc) is 2.88. The molecule has 0 unspecified atom stereocenters. The van der Waals surface area contributed by atoms with Crippen LogP contribution in [-0.2, 0) is 0 Å². The zero-order valence-corrected chi connectivity index (χ0v) is 20.2. The van der Waals surface area contributed by atoms with Crippen LogP contribution >= 0.6 is 0 Å². The Morgan fingerprint density at radius 2 is 1.80 bits per heavy atom. The van der Waals surface area contributed by atoms with Gasteiger partial charge < -0.3 is 16.0 Å². The van der Waals surface area contributed by atoms with Crippen LogP contribution in [0, 0.1) is 0 Å². The standard InChI is InChI=1S/C29H31N5O/c1-19(2)33-27-14-26(16-31-18-27)22-6-7-24-17-32-28(15-25(24)13-22)34-10-8-20(9-11-34)21-4-3-5-23(12-21)29(30)35/h3-7,12-20,33H,8-11H2,1-2H3,(H2,30,35). The van der Waals surface area contributed by atoms with Crippen molar-refractivity contribution in [2.24, 2.45) is 5.73 Å². The highest BCUT2D eigenvalue weighted by Crippen LogP contribution is 2.32. The van der Waals surface area contributed by atoms with Gasteiger partial charge in [0.05, 0.1) is 5.69 Å². The van der Waals surface area contributed by atoms with Gasteiger partial charge >= 0.3 is 0 Å². The first-order valence-electron chi connectivity index (χ1n) is 12.2. The number of nitrogens with two attached hydrogens (primary N) is 1. The molecule has 4 aromatic rings. The highest BCUT2D eigenvalue weighted by atomic mass is 16.1. The van der Waals surface area contributed by atoms with Gasteiger partial charge in [-0.1, -0.05) is 24.3 Å². The Kier molecular flexibility index (Phi) is 6.36. The number of hydrogen-bond acceptors (Lipinski definition) is 5. The highest BCUT2D eigenvalue weighted by Gasteiger charge is 2.22. The second kappa shape index (κ2) is 9.74. The summed E-state index contributed by atoms with van der Waals surface area (Å²) >= 11 is 0. The summed E-state index contributed by atoms with van der Waals surface area (Å²) in [7, 11) is 0. The number of piperidine rings is 1. The van der Waals surface area contributed by atoms with Crippen LogP contribution in [-0.4, -0.2) is 35.0 Å². The van der Waals surface area contributed by atoms with E-state index in [4.69, 9.17) is 10.7 Å². The quantitative estimate of drug-likeness (QED) is 0.387. The van der Waals surface area contributed by atoms with Gasteiger partial charge in [0, 0.05) is 54.2 Å². The number of rotatable bonds is 6. The van der Waals surface area contributed by atoms with E-state index in [1.807, 2.05) is 30.7 Å². The minimum Gasteiger partial charge on any atom is -0.382 e. The van der Waals surface area contributed by atoms with Gasteiger partial charge in [-0.2, -0.15) is 0 Å². The largest absolute Gasteiger partial charge is 0.382 e. The van der Waals surface area contributed by atoms with Gasteiger partial charge in [-0.25, -0.2) is 4.98 Å². The van der Waals surface area contributed by atoms with E-state index < -0.39 is 0 Å². The maximum absolute atomic E-state index is 11.6. The normalized spacial score (nSPS) is 14.4. The number of aromatic nitrogens is 2. The Morgan fingerprint density at radius 1 is 0.971 bits per heavy atom. The van der Waals surface area contributed by atoms with Crippen LogP contribution in [0.2, 0.25) is 0 Å². The van der Waals surface area contributed by atoms with Crippen LogP contribution in [0.3, 0.4) is 0 Å². The Morgan fingerprint density at radius 3 is 2.57 bits per heavy atom. The molecule has 6 heteroatoms. The van der Waals surface area contributed by atoms with Crippen molar-refractivity contribution < 1.29 is 4.79 Å². The minimum absolute atomic E-state index is 0.355. The number of benzene rings is 2. The van der Waals surface area contributed by atoms with Crippen molar-refractivity contribution in [3.05, 3.63) is 84.3 Å². The summed E-state index contributed by atoms with van der Waals surface area (Å²) in [5.41, 5.74) is 10.5. The molecule has 5 rings (SSSR count). The van der Waals surface area contributed by atoms with E-state index in [0.717, 1.165) is 53.9 Å². The molecule has 2 aromatic carbocycles. The molecule has 3 heterocycles. The second-order valence-corrected chi connectivity index (χ2v) is 9.62. The Balaban J connectivity index is 1.34. The van der Waals surface area contributed by atoms with Gasteiger partial charge in [0.1, 0.15) is 5.82 Å². The zero-order chi connectivity index (χ0) is 24.4. The fourth-order valence-electron chi connectivity index (χ4n) is 4.88. The summed E-state index contributed by atoms with van der Waals surface area (Å²) in [5.74, 6) is 1.06. The van der Waals surface area contributed by atoms with E-state index in [1.165, 1.54) is 10.9 Å². The third-order valence-corrected chi connectivity index (χ3v) is 6.70. The maximum Gasteiger partial charge on any atom is 0.248 e. The molecule has 0 radical (unpaired) electrons. The van der Waals surface area contributed by atoms with Crippen LogP contribution in [0.5, 0.6) is 0 Å². The predicted octanol–water partition coefficient (Wildman–Crippen LogP) is 5.60. The third kappa shape index (κ3) is 5.11. The van der Waals surface area contributed by atoms with Crippen LogP contribution < -0.4 is 16.0 Å². The average molecular weight is 466 g/mol. The van der Waals surface area contributed by atoms with Gasteiger partial charge in [0.25, 0.3) is 0 Å². The number of carbonyl (C=O) groups excluding carboxylic acids is 1. The molecule has 1 fully saturated rings. The molecule has 1 aliphatic heterocycles. The molecule has 1 amide bonds. The fraction of sp³-hybridized carbons (Fsp3) is 0.276. The molecular formula is C29H31N5O. The number of anilines is 2. The lowest BCUT2D eigenvalue weighted by atomic mass is 9.88.